The Morgan fingerprint density at radius 1 is 1.19 bits per heavy atom. The molecule has 0 amide bonds. The van der Waals surface area contributed by atoms with Crippen LogP contribution in [-0.4, -0.2) is 19.0 Å². The number of nitrogens with zero attached hydrogens (tertiary/aromatic N) is 1. The maximum atomic E-state index is 13.1. The molecule has 134 valence electrons. The van der Waals surface area contributed by atoms with Crippen LogP contribution in [0.2, 0.25) is 0 Å². The lowest BCUT2D eigenvalue weighted by Gasteiger charge is -2.09. The molecule has 1 aliphatic heterocycles. The summed E-state index contributed by atoms with van der Waals surface area (Å²) in [6.07, 6.45) is -3.47. The van der Waals surface area contributed by atoms with E-state index in [1.165, 1.54) is 25.3 Å². The van der Waals surface area contributed by atoms with E-state index in [0.29, 0.717) is 15.8 Å². The third-order valence-corrected chi connectivity index (χ3v) is 4.24. The van der Waals surface area contributed by atoms with Crippen LogP contribution in [0.5, 0.6) is 5.75 Å². The van der Waals surface area contributed by atoms with Crippen molar-refractivity contribution in [1.82, 2.24) is 0 Å². The Bertz CT molecular complexity index is 936. The van der Waals surface area contributed by atoms with Crippen molar-refractivity contribution in [2.75, 3.05) is 7.11 Å². The zero-order valence-electron chi connectivity index (χ0n) is 13.3. The highest BCUT2D eigenvalue weighted by Crippen LogP contribution is 2.34. The van der Waals surface area contributed by atoms with Crippen LogP contribution in [0.25, 0.3) is 6.08 Å². The molecule has 0 bridgehead atoms. The minimum Gasteiger partial charge on any atom is -0.497 e. The number of rotatable bonds is 3. The second-order valence-electron chi connectivity index (χ2n) is 5.27. The van der Waals surface area contributed by atoms with Crippen LogP contribution in [-0.2, 0) is 15.7 Å². The summed E-state index contributed by atoms with van der Waals surface area (Å²) in [4.78, 5) is 16.1. The summed E-state index contributed by atoms with van der Waals surface area (Å²) >= 11 is 3.32. The number of cyclic esters (lactones) is 1. The largest absolute Gasteiger partial charge is 0.497 e. The van der Waals surface area contributed by atoms with E-state index in [1.807, 2.05) is 0 Å². The maximum Gasteiger partial charge on any atom is 0.416 e. The molecule has 2 aromatic rings. The standard InChI is InChI=1S/C18H11BrF3NO3/c1-25-11-6-7-12(14(19)9-11)16-23-15(17(24)26-16)8-10-4-2-3-5-13(10)18(20,21)22/h2-9H,1H3. The topological polar surface area (TPSA) is 47.9 Å². The first kappa shape index (κ1) is 18.2. The number of ether oxygens (including phenoxy) is 2. The number of carbonyl (C=O) groups is 1. The Labute approximate surface area is 155 Å². The zero-order valence-corrected chi connectivity index (χ0v) is 14.9. The number of methoxy groups -OCH3 is 1. The fourth-order valence-electron chi connectivity index (χ4n) is 2.35. The lowest BCUT2D eigenvalue weighted by Crippen LogP contribution is -2.08. The highest BCUT2D eigenvalue weighted by atomic mass is 79.9. The van der Waals surface area contributed by atoms with Crippen molar-refractivity contribution in [3.63, 3.8) is 0 Å². The summed E-state index contributed by atoms with van der Waals surface area (Å²) < 4.78 is 50.0. The molecule has 0 spiro atoms. The van der Waals surface area contributed by atoms with Gasteiger partial charge in [0.05, 0.1) is 18.2 Å². The van der Waals surface area contributed by atoms with Crippen molar-refractivity contribution in [3.05, 3.63) is 69.3 Å². The molecule has 0 N–H and O–H groups in total. The van der Waals surface area contributed by atoms with Gasteiger partial charge in [-0.2, -0.15) is 13.2 Å². The average Bonchev–Trinajstić information content (AvgIpc) is 2.94. The lowest BCUT2D eigenvalue weighted by atomic mass is 10.1. The molecular weight excluding hydrogens is 415 g/mol. The number of esters is 1. The SMILES string of the molecule is COc1ccc(C2=NC(=Cc3ccccc3C(F)(F)F)C(=O)O2)c(Br)c1. The molecule has 3 rings (SSSR count). The fraction of sp³-hybridized carbons (Fsp3) is 0.111. The molecule has 0 unspecified atom stereocenters. The van der Waals surface area contributed by atoms with Crippen molar-refractivity contribution < 1.29 is 27.4 Å². The molecule has 1 heterocycles. The summed E-state index contributed by atoms with van der Waals surface area (Å²) in [5.74, 6) is -0.236. The quantitative estimate of drug-likeness (QED) is 0.523. The summed E-state index contributed by atoms with van der Waals surface area (Å²) in [5.41, 5.74) is -0.744. The van der Waals surface area contributed by atoms with Gasteiger partial charge in [-0.15, -0.1) is 0 Å². The van der Waals surface area contributed by atoms with E-state index in [4.69, 9.17) is 9.47 Å². The smallest absolute Gasteiger partial charge is 0.416 e. The van der Waals surface area contributed by atoms with E-state index < -0.39 is 17.7 Å². The number of alkyl halides is 3. The number of hydrogen-bond acceptors (Lipinski definition) is 4. The summed E-state index contributed by atoms with van der Waals surface area (Å²) in [5, 5.41) is 0. The molecule has 0 aliphatic carbocycles. The molecule has 1 aliphatic rings. The van der Waals surface area contributed by atoms with Crippen molar-refractivity contribution >= 4 is 33.9 Å². The molecule has 0 saturated heterocycles. The highest BCUT2D eigenvalue weighted by molar-refractivity contribution is 9.10. The average molecular weight is 426 g/mol. The van der Waals surface area contributed by atoms with Gasteiger partial charge in [0.15, 0.2) is 5.70 Å². The van der Waals surface area contributed by atoms with Gasteiger partial charge in [-0.25, -0.2) is 9.79 Å². The third-order valence-electron chi connectivity index (χ3n) is 3.59. The normalized spacial score (nSPS) is 15.8. The monoisotopic (exact) mass is 425 g/mol. The van der Waals surface area contributed by atoms with Crippen LogP contribution in [0, 0.1) is 0 Å². The third kappa shape index (κ3) is 3.65. The number of carbonyl (C=O) groups excluding carboxylic acids is 1. The Balaban J connectivity index is 2.01. The molecule has 4 nitrogen and oxygen atoms in total. The van der Waals surface area contributed by atoms with E-state index in [1.54, 1.807) is 18.2 Å². The van der Waals surface area contributed by atoms with Crippen molar-refractivity contribution in [2.45, 2.75) is 6.18 Å². The van der Waals surface area contributed by atoms with Gasteiger partial charge >= 0.3 is 12.1 Å². The van der Waals surface area contributed by atoms with Gasteiger partial charge in [0.25, 0.3) is 0 Å². The van der Waals surface area contributed by atoms with Gasteiger partial charge in [-0.3, -0.25) is 0 Å². The molecule has 2 aromatic carbocycles. The molecule has 0 atom stereocenters. The van der Waals surface area contributed by atoms with Crippen LogP contribution in [0.4, 0.5) is 13.2 Å². The number of aliphatic imine (C=N–C) groups is 1. The van der Waals surface area contributed by atoms with Crippen LogP contribution in [0.3, 0.4) is 0 Å². The van der Waals surface area contributed by atoms with E-state index in [2.05, 4.69) is 20.9 Å². The van der Waals surface area contributed by atoms with Crippen molar-refractivity contribution in [3.8, 4) is 5.75 Å². The van der Waals surface area contributed by atoms with Crippen LogP contribution in [0.15, 0.2) is 57.6 Å². The number of benzene rings is 2. The minimum absolute atomic E-state index is 0.000248. The summed E-state index contributed by atoms with van der Waals surface area (Å²) in [6, 6.07) is 9.87. The summed E-state index contributed by atoms with van der Waals surface area (Å²) in [7, 11) is 1.51. The predicted molar refractivity (Wildman–Crippen MR) is 92.7 cm³/mol. The highest BCUT2D eigenvalue weighted by Gasteiger charge is 2.33. The summed E-state index contributed by atoms with van der Waals surface area (Å²) in [6.45, 7) is 0. The molecule has 0 fully saturated rings. The van der Waals surface area contributed by atoms with Gasteiger partial charge in [0, 0.05) is 4.47 Å². The van der Waals surface area contributed by atoms with Gasteiger partial charge in [0.1, 0.15) is 5.75 Å². The Morgan fingerprint density at radius 2 is 1.92 bits per heavy atom. The van der Waals surface area contributed by atoms with E-state index in [-0.39, 0.29) is 17.2 Å². The van der Waals surface area contributed by atoms with Crippen LogP contribution in [0.1, 0.15) is 16.7 Å². The van der Waals surface area contributed by atoms with Gasteiger partial charge < -0.3 is 9.47 Å². The molecule has 26 heavy (non-hydrogen) atoms. The molecule has 0 radical (unpaired) electrons. The van der Waals surface area contributed by atoms with Crippen molar-refractivity contribution in [2.24, 2.45) is 4.99 Å². The Hall–Kier alpha value is -2.61. The first-order chi connectivity index (χ1) is 12.3. The molecular formula is C18H11BrF3NO3. The first-order valence-corrected chi connectivity index (χ1v) is 8.11. The zero-order chi connectivity index (χ0) is 18.9. The van der Waals surface area contributed by atoms with E-state index in [9.17, 15) is 18.0 Å². The van der Waals surface area contributed by atoms with Crippen LogP contribution < -0.4 is 4.74 Å². The van der Waals surface area contributed by atoms with E-state index >= 15 is 0 Å². The van der Waals surface area contributed by atoms with E-state index in [0.717, 1.165) is 12.1 Å². The van der Waals surface area contributed by atoms with Crippen LogP contribution >= 0.6 is 15.9 Å². The molecule has 0 saturated carbocycles. The van der Waals surface area contributed by atoms with Gasteiger partial charge in [0.2, 0.25) is 5.90 Å². The van der Waals surface area contributed by atoms with Gasteiger partial charge in [-0.05, 0) is 51.8 Å². The maximum absolute atomic E-state index is 13.1. The second-order valence-corrected chi connectivity index (χ2v) is 6.12. The Kier molecular flexibility index (Phi) is 4.86. The fourth-order valence-corrected chi connectivity index (χ4v) is 2.88. The molecule has 0 aromatic heterocycles. The first-order valence-electron chi connectivity index (χ1n) is 7.32. The number of halogens is 4. The predicted octanol–water partition coefficient (Wildman–Crippen LogP) is 4.82. The second kappa shape index (κ2) is 6.95. The van der Waals surface area contributed by atoms with Gasteiger partial charge in [-0.1, -0.05) is 18.2 Å². The Morgan fingerprint density at radius 3 is 2.58 bits per heavy atom. The molecule has 8 heteroatoms. The lowest BCUT2D eigenvalue weighted by molar-refractivity contribution is -0.137. The van der Waals surface area contributed by atoms with Crippen molar-refractivity contribution in [1.29, 1.82) is 0 Å². The minimum atomic E-state index is -4.54. The number of hydrogen-bond donors (Lipinski definition) is 0.